The van der Waals surface area contributed by atoms with Crippen molar-refractivity contribution in [2.45, 2.75) is 12.8 Å². The topological polar surface area (TPSA) is 63.6 Å². The van der Waals surface area contributed by atoms with Crippen molar-refractivity contribution in [2.75, 3.05) is 0 Å². The summed E-state index contributed by atoms with van der Waals surface area (Å²) in [6, 6.07) is 13.6. The van der Waals surface area contributed by atoms with Gasteiger partial charge in [-0.15, -0.1) is 0 Å². The third kappa shape index (κ3) is 4.33. The van der Waals surface area contributed by atoms with Gasteiger partial charge >= 0.3 is 11.9 Å². The first-order valence-electron chi connectivity index (χ1n) is 6.33. The fraction of sp³-hybridized carbons (Fsp3) is 0.125. The van der Waals surface area contributed by atoms with Crippen molar-refractivity contribution in [1.29, 1.82) is 0 Å². The van der Waals surface area contributed by atoms with Gasteiger partial charge in [-0.3, -0.25) is 4.79 Å². The van der Waals surface area contributed by atoms with Gasteiger partial charge < -0.3 is 9.84 Å². The minimum Gasteiger partial charge on any atom is -0.478 e. The lowest BCUT2D eigenvalue weighted by Gasteiger charge is -2.08. The van der Waals surface area contributed by atoms with E-state index >= 15 is 0 Å². The van der Waals surface area contributed by atoms with Crippen molar-refractivity contribution in [3.8, 4) is 5.75 Å². The first-order chi connectivity index (χ1) is 10.1. The van der Waals surface area contributed by atoms with E-state index in [4.69, 9.17) is 21.4 Å². The van der Waals surface area contributed by atoms with Crippen molar-refractivity contribution >= 4 is 23.5 Å². The molecule has 0 atom stereocenters. The molecule has 2 rings (SSSR count). The number of hydrogen-bond donors (Lipinski definition) is 1. The highest BCUT2D eigenvalue weighted by molar-refractivity contribution is 6.31. The monoisotopic (exact) mass is 304 g/mol. The van der Waals surface area contributed by atoms with Gasteiger partial charge in [-0.25, -0.2) is 4.79 Å². The van der Waals surface area contributed by atoms with Crippen molar-refractivity contribution in [2.24, 2.45) is 0 Å². The fourth-order valence-electron chi connectivity index (χ4n) is 1.82. The third-order valence-corrected chi connectivity index (χ3v) is 3.09. The summed E-state index contributed by atoms with van der Waals surface area (Å²) in [6.07, 6.45) is 0.710. The van der Waals surface area contributed by atoms with Gasteiger partial charge in [0.15, 0.2) is 0 Å². The van der Waals surface area contributed by atoms with Gasteiger partial charge in [-0.1, -0.05) is 41.9 Å². The van der Waals surface area contributed by atoms with Crippen molar-refractivity contribution in [3.63, 3.8) is 0 Å². The number of benzene rings is 2. The van der Waals surface area contributed by atoms with Gasteiger partial charge in [0.2, 0.25) is 0 Å². The van der Waals surface area contributed by atoms with Crippen molar-refractivity contribution < 1.29 is 19.4 Å². The van der Waals surface area contributed by atoms with Gasteiger partial charge in [0.1, 0.15) is 11.3 Å². The number of esters is 1. The number of carbonyl (C=O) groups is 2. The Bertz CT molecular complexity index is 653. The molecule has 0 saturated carbocycles. The molecule has 0 heterocycles. The number of rotatable bonds is 5. The van der Waals surface area contributed by atoms with E-state index in [1.165, 1.54) is 18.2 Å². The molecule has 0 fully saturated rings. The van der Waals surface area contributed by atoms with E-state index in [1.807, 2.05) is 30.3 Å². The Kier molecular flexibility index (Phi) is 4.95. The summed E-state index contributed by atoms with van der Waals surface area (Å²) in [5.41, 5.74) is 0.888. The highest BCUT2D eigenvalue weighted by Crippen LogP contribution is 2.23. The summed E-state index contributed by atoms with van der Waals surface area (Å²) in [6.45, 7) is 0. The van der Waals surface area contributed by atoms with E-state index in [1.54, 1.807) is 0 Å². The molecule has 0 amide bonds. The second-order valence-electron chi connectivity index (χ2n) is 4.41. The van der Waals surface area contributed by atoms with Crippen LogP contribution >= 0.6 is 11.6 Å². The lowest BCUT2D eigenvalue weighted by atomic mass is 10.1. The van der Waals surface area contributed by atoms with Crippen LogP contribution in [0.1, 0.15) is 22.3 Å². The highest BCUT2D eigenvalue weighted by Gasteiger charge is 2.15. The molecule has 4 nitrogen and oxygen atoms in total. The molecule has 0 aliphatic rings. The molecule has 5 heteroatoms. The summed E-state index contributed by atoms with van der Waals surface area (Å²) in [5.74, 6) is -1.67. The number of halogens is 1. The Balaban J connectivity index is 2.01. The predicted molar refractivity (Wildman–Crippen MR) is 78.8 cm³/mol. The van der Waals surface area contributed by atoms with Gasteiger partial charge in [-0.05, 0) is 30.2 Å². The smallest absolute Gasteiger partial charge is 0.339 e. The second kappa shape index (κ2) is 6.90. The zero-order chi connectivity index (χ0) is 15.2. The Hall–Kier alpha value is -2.33. The van der Waals surface area contributed by atoms with E-state index in [9.17, 15) is 9.59 Å². The summed E-state index contributed by atoms with van der Waals surface area (Å²) >= 11 is 5.73. The summed E-state index contributed by atoms with van der Waals surface area (Å²) in [5, 5.41) is 9.34. The summed E-state index contributed by atoms with van der Waals surface area (Å²) in [7, 11) is 0. The molecule has 0 unspecified atom stereocenters. The fourth-order valence-corrected chi connectivity index (χ4v) is 2.00. The molecule has 2 aromatic rings. The second-order valence-corrected chi connectivity index (χ2v) is 4.84. The average Bonchev–Trinajstić information content (AvgIpc) is 2.48. The zero-order valence-electron chi connectivity index (χ0n) is 11.1. The molecule has 0 spiro atoms. The maximum absolute atomic E-state index is 11.8. The maximum atomic E-state index is 11.8. The molecule has 0 aliphatic carbocycles. The number of carbonyl (C=O) groups excluding carboxylic acids is 1. The Morgan fingerprint density at radius 1 is 1.10 bits per heavy atom. The van der Waals surface area contributed by atoms with Crippen LogP contribution in [0.4, 0.5) is 0 Å². The molecule has 1 N–H and O–H groups in total. The van der Waals surface area contributed by atoms with Crippen LogP contribution in [0.3, 0.4) is 0 Å². The van der Waals surface area contributed by atoms with Crippen LogP contribution in [0, 0.1) is 0 Å². The number of hydrogen-bond acceptors (Lipinski definition) is 3. The first-order valence-corrected chi connectivity index (χ1v) is 6.71. The number of ether oxygens (including phenoxy) is 1. The quantitative estimate of drug-likeness (QED) is 0.677. The SMILES string of the molecule is O=C(CCc1ccccc1)Oc1ccc(Cl)cc1C(=O)O. The van der Waals surface area contributed by atoms with Crippen molar-refractivity contribution in [1.82, 2.24) is 0 Å². The Labute approximate surface area is 126 Å². The maximum Gasteiger partial charge on any atom is 0.339 e. The van der Waals surface area contributed by atoms with Crippen LogP contribution in [0.15, 0.2) is 48.5 Å². The number of aromatic carboxylic acids is 1. The van der Waals surface area contributed by atoms with Gasteiger partial charge in [0.05, 0.1) is 0 Å². The molecule has 0 saturated heterocycles. The third-order valence-electron chi connectivity index (χ3n) is 2.86. The van der Waals surface area contributed by atoms with Crippen LogP contribution in [-0.4, -0.2) is 17.0 Å². The lowest BCUT2D eigenvalue weighted by molar-refractivity contribution is -0.134. The summed E-state index contributed by atoms with van der Waals surface area (Å²) < 4.78 is 5.11. The van der Waals surface area contributed by atoms with Crippen molar-refractivity contribution in [3.05, 3.63) is 64.7 Å². The van der Waals surface area contributed by atoms with Crippen LogP contribution in [0.2, 0.25) is 5.02 Å². The molecule has 21 heavy (non-hydrogen) atoms. The molecule has 0 bridgehead atoms. The molecule has 0 aromatic heterocycles. The minimum absolute atomic E-state index is 0.00459. The number of aryl methyl sites for hydroxylation is 1. The average molecular weight is 305 g/mol. The molecule has 0 radical (unpaired) electrons. The van der Waals surface area contributed by atoms with Crippen LogP contribution in [0.5, 0.6) is 5.75 Å². The van der Waals surface area contributed by atoms with Gasteiger partial charge in [0, 0.05) is 11.4 Å². The lowest BCUT2D eigenvalue weighted by Crippen LogP contribution is -2.12. The predicted octanol–water partition coefficient (Wildman–Crippen LogP) is 3.58. The van der Waals surface area contributed by atoms with E-state index < -0.39 is 11.9 Å². The van der Waals surface area contributed by atoms with E-state index in [0.29, 0.717) is 6.42 Å². The minimum atomic E-state index is -1.19. The van der Waals surface area contributed by atoms with Gasteiger partial charge in [0.25, 0.3) is 0 Å². The molecule has 0 aliphatic heterocycles. The number of carboxylic acid groups (broad SMARTS) is 1. The van der Waals surface area contributed by atoms with E-state index in [2.05, 4.69) is 0 Å². The van der Waals surface area contributed by atoms with Crippen LogP contribution in [-0.2, 0) is 11.2 Å². The van der Waals surface area contributed by atoms with E-state index in [-0.39, 0.29) is 22.8 Å². The molecular weight excluding hydrogens is 292 g/mol. The molecular formula is C16H13ClO4. The summed E-state index contributed by atoms with van der Waals surface area (Å²) in [4.78, 5) is 22.9. The standard InChI is InChI=1S/C16H13ClO4/c17-12-7-8-14(13(10-12)16(19)20)21-15(18)9-6-11-4-2-1-3-5-11/h1-5,7-8,10H,6,9H2,(H,19,20). The van der Waals surface area contributed by atoms with Crippen LogP contribution in [0.25, 0.3) is 0 Å². The van der Waals surface area contributed by atoms with E-state index in [0.717, 1.165) is 5.56 Å². The Morgan fingerprint density at radius 3 is 2.48 bits per heavy atom. The zero-order valence-corrected chi connectivity index (χ0v) is 11.8. The normalized spacial score (nSPS) is 10.1. The largest absolute Gasteiger partial charge is 0.478 e. The number of carboxylic acids is 1. The Morgan fingerprint density at radius 2 is 1.81 bits per heavy atom. The van der Waals surface area contributed by atoms with Crippen LogP contribution < -0.4 is 4.74 Å². The van der Waals surface area contributed by atoms with Gasteiger partial charge in [-0.2, -0.15) is 0 Å². The molecule has 2 aromatic carbocycles. The highest BCUT2D eigenvalue weighted by atomic mass is 35.5. The first kappa shape index (κ1) is 15.1. The molecule has 108 valence electrons.